The molecule has 0 amide bonds. The van der Waals surface area contributed by atoms with E-state index in [1.165, 1.54) is 31.5 Å². The SMILES string of the molecule is CN1CCC(C)(CNCc2cc(Br)c3c(c2)OCO3)CC1. The van der Waals surface area contributed by atoms with E-state index in [0.717, 1.165) is 29.1 Å². The Morgan fingerprint density at radius 1 is 1.29 bits per heavy atom. The number of rotatable bonds is 4. The minimum absolute atomic E-state index is 0.316. The van der Waals surface area contributed by atoms with Gasteiger partial charge < -0.3 is 19.7 Å². The Morgan fingerprint density at radius 3 is 2.81 bits per heavy atom. The van der Waals surface area contributed by atoms with Crippen molar-refractivity contribution in [1.29, 1.82) is 0 Å². The van der Waals surface area contributed by atoms with Crippen molar-refractivity contribution in [3.8, 4) is 11.5 Å². The van der Waals surface area contributed by atoms with E-state index in [1.807, 2.05) is 0 Å². The first-order valence-corrected chi connectivity index (χ1v) is 8.32. The zero-order chi connectivity index (χ0) is 14.9. The number of hydrogen-bond donors (Lipinski definition) is 1. The highest BCUT2D eigenvalue weighted by molar-refractivity contribution is 9.10. The molecule has 116 valence electrons. The van der Waals surface area contributed by atoms with Gasteiger partial charge in [0.15, 0.2) is 11.5 Å². The molecule has 2 aliphatic rings. The standard InChI is InChI=1S/C16H23BrN2O2/c1-16(3-5-19(2)6-4-16)10-18-9-12-7-13(17)15-14(8-12)20-11-21-15/h7-8,18H,3-6,9-11H2,1-2H3. The van der Waals surface area contributed by atoms with E-state index in [4.69, 9.17) is 9.47 Å². The van der Waals surface area contributed by atoms with Gasteiger partial charge in [0.25, 0.3) is 0 Å². The van der Waals surface area contributed by atoms with Crippen LogP contribution in [0.1, 0.15) is 25.3 Å². The van der Waals surface area contributed by atoms with Crippen LogP contribution in [0.5, 0.6) is 11.5 Å². The molecule has 1 aromatic rings. The molecule has 0 bridgehead atoms. The van der Waals surface area contributed by atoms with Crippen molar-refractivity contribution in [1.82, 2.24) is 10.2 Å². The van der Waals surface area contributed by atoms with Gasteiger partial charge in [0.2, 0.25) is 6.79 Å². The van der Waals surface area contributed by atoms with Crippen LogP contribution in [0.25, 0.3) is 0 Å². The average molecular weight is 355 g/mol. The second-order valence-corrected chi connectivity index (χ2v) is 7.38. The molecule has 0 saturated carbocycles. The second kappa shape index (κ2) is 6.15. The summed E-state index contributed by atoms with van der Waals surface area (Å²) in [5.41, 5.74) is 1.64. The smallest absolute Gasteiger partial charge is 0.231 e. The lowest BCUT2D eigenvalue weighted by atomic mass is 9.80. The first kappa shape index (κ1) is 15.1. The molecule has 3 rings (SSSR count). The van der Waals surface area contributed by atoms with Crippen LogP contribution in [0.4, 0.5) is 0 Å². The van der Waals surface area contributed by atoms with Crippen molar-refractivity contribution >= 4 is 15.9 Å². The largest absolute Gasteiger partial charge is 0.454 e. The molecule has 4 nitrogen and oxygen atoms in total. The Labute approximate surface area is 134 Å². The summed E-state index contributed by atoms with van der Waals surface area (Å²) in [6, 6.07) is 4.18. The van der Waals surface area contributed by atoms with Gasteiger partial charge in [0, 0.05) is 13.1 Å². The lowest BCUT2D eigenvalue weighted by Crippen LogP contribution is -2.41. The summed E-state index contributed by atoms with van der Waals surface area (Å²) in [5.74, 6) is 1.66. The van der Waals surface area contributed by atoms with Gasteiger partial charge in [-0.15, -0.1) is 0 Å². The first-order valence-electron chi connectivity index (χ1n) is 7.53. The highest BCUT2D eigenvalue weighted by Crippen LogP contribution is 2.40. The zero-order valence-corrected chi connectivity index (χ0v) is 14.3. The maximum Gasteiger partial charge on any atom is 0.231 e. The van der Waals surface area contributed by atoms with Gasteiger partial charge >= 0.3 is 0 Å². The van der Waals surface area contributed by atoms with Crippen LogP contribution in [0.3, 0.4) is 0 Å². The van der Waals surface area contributed by atoms with Gasteiger partial charge in [-0.3, -0.25) is 0 Å². The summed E-state index contributed by atoms with van der Waals surface area (Å²) in [6.45, 7) is 7.04. The maximum atomic E-state index is 5.46. The van der Waals surface area contributed by atoms with Crippen LogP contribution in [0.15, 0.2) is 16.6 Å². The normalized spacial score (nSPS) is 20.7. The van der Waals surface area contributed by atoms with Gasteiger partial charge in [-0.2, -0.15) is 0 Å². The number of halogens is 1. The lowest BCUT2D eigenvalue weighted by molar-refractivity contribution is 0.137. The van der Waals surface area contributed by atoms with Crippen LogP contribution in [0, 0.1) is 5.41 Å². The summed E-state index contributed by atoms with van der Waals surface area (Å²) in [4.78, 5) is 2.41. The van der Waals surface area contributed by atoms with Gasteiger partial charge in [0.1, 0.15) is 0 Å². The van der Waals surface area contributed by atoms with E-state index in [2.05, 4.69) is 52.3 Å². The average Bonchev–Trinajstić information content (AvgIpc) is 2.91. The number of hydrogen-bond acceptors (Lipinski definition) is 4. The van der Waals surface area contributed by atoms with E-state index >= 15 is 0 Å². The summed E-state index contributed by atoms with van der Waals surface area (Å²) in [6.07, 6.45) is 2.53. The van der Waals surface area contributed by atoms with E-state index in [9.17, 15) is 0 Å². The van der Waals surface area contributed by atoms with Crippen molar-refractivity contribution < 1.29 is 9.47 Å². The van der Waals surface area contributed by atoms with E-state index < -0.39 is 0 Å². The van der Waals surface area contributed by atoms with Crippen LogP contribution < -0.4 is 14.8 Å². The number of ether oxygens (including phenoxy) is 2. The van der Waals surface area contributed by atoms with E-state index in [-0.39, 0.29) is 0 Å². The van der Waals surface area contributed by atoms with Crippen molar-refractivity contribution in [2.75, 3.05) is 33.5 Å². The summed E-state index contributed by atoms with van der Waals surface area (Å²) >= 11 is 3.55. The van der Waals surface area contributed by atoms with Gasteiger partial charge in [-0.25, -0.2) is 0 Å². The van der Waals surface area contributed by atoms with Crippen molar-refractivity contribution in [3.63, 3.8) is 0 Å². The molecular weight excluding hydrogens is 332 g/mol. The molecule has 0 spiro atoms. The fourth-order valence-corrected chi connectivity index (χ4v) is 3.57. The minimum atomic E-state index is 0.316. The van der Waals surface area contributed by atoms with Crippen LogP contribution in [-0.2, 0) is 6.54 Å². The molecule has 5 heteroatoms. The monoisotopic (exact) mass is 354 g/mol. The molecule has 0 radical (unpaired) electrons. The lowest BCUT2D eigenvalue weighted by Gasteiger charge is -2.38. The first-order chi connectivity index (χ1) is 10.1. The number of nitrogens with one attached hydrogen (secondary N) is 1. The molecule has 21 heavy (non-hydrogen) atoms. The molecule has 0 atom stereocenters. The molecule has 0 aliphatic carbocycles. The molecule has 1 fully saturated rings. The summed E-state index contributed by atoms with van der Waals surface area (Å²) < 4.78 is 11.9. The van der Waals surface area contributed by atoms with E-state index in [1.54, 1.807) is 0 Å². The third-order valence-corrected chi connectivity index (χ3v) is 5.15. The van der Waals surface area contributed by atoms with Crippen molar-refractivity contribution in [3.05, 3.63) is 22.2 Å². The van der Waals surface area contributed by atoms with E-state index in [0.29, 0.717) is 12.2 Å². The van der Waals surface area contributed by atoms with Crippen LogP contribution in [0.2, 0.25) is 0 Å². The molecule has 0 unspecified atom stereocenters. The van der Waals surface area contributed by atoms with Crippen LogP contribution >= 0.6 is 15.9 Å². The predicted molar refractivity (Wildman–Crippen MR) is 86.8 cm³/mol. The molecule has 1 saturated heterocycles. The van der Waals surface area contributed by atoms with Gasteiger partial charge in [-0.1, -0.05) is 6.92 Å². The van der Waals surface area contributed by atoms with Gasteiger partial charge in [0.05, 0.1) is 4.47 Å². The Morgan fingerprint density at radius 2 is 2.05 bits per heavy atom. The fraction of sp³-hybridized carbons (Fsp3) is 0.625. The quantitative estimate of drug-likeness (QED) is 0.900. The molecule has 1 aromatic carbocycles. The van der Waals surface area contributed by atoms with Crippen molar-refractivity contribution in [2.45, 2.75) is 26.3 Å². The number of nitrogens with zero attached hydrogens (tertiary/aromatic N) is 1. The second-order valence-electron chi connectivity index (χ2n) is 6.53. The van der Waals surface area contributed by atoms with Crippen LogP contribution in [-0.4, -0.2) is 38.4 Å². The summed E-state index contributed by atoms with van der Waals surface area (Å²) in [7, 11) is 2.21. The number of fused-ring (bicyclic) bond motifs is 1. The van der Waals surface area contributed by atoms with Gasteiger partial charge in [-0.05, 0) is 72.0 Å². The highest BCUT2D eigenvalue weighted by atomic mass is 79.9. The zero-order valence-electron chi connectivity index (χ0n) is 12.7. The Bertz CT molecular complexity index is 513. The fourth-order valence-electron chi connectivity index (χ4n) is 2.97. The Balaban J connectivity index is 1.55. The molecule has 2 heterocycles. The molecule has 0 aromatic heterocycles. The molecule has 1 N–H and O–H groups in total. The van der Waals surface area contributed by atoms with Crippen molar-refractivity contribution in [2.24, 2.45) is 5.41 Å². The highest BCUT2D eigenvalue weighted by Gasteiger charge is 2.28. The minimum Gasteiger partial charge on any atom is -0.454 e. The third-order valence-electron chi connectivity index (χ3n) is 4.56. The number of benzene rings is 1. The topological polar surface area (TPSA) is 33.7 Å². The molecular formula is C16H23BrN2O2. The molecule has 2 aliphatic heterocycles. The Hall–Kier alpha value is -0.780. The summed E-state index contributed by atoms with van der Waals surface area (Å²) in [5, 5.41) is 3.61. The number of likely N-dealkylation sites (tertiary alicyclic amines) is 1. The predicted octanol–water partition coefficient (Wildman–Crippen LogP) is 3.00. The third kappa shape index (κ3) is 3.52. The number of piperidine rings is 1. The maximum absolute atomic E-state index is 5.46. The Kier molecular flexibility index (Phi) is 4.43.